The van der Waals surface area contributed by atoms with Crippen molar-refractivity contribution in [3.05, 3.63) is 34.9 Å². The van der Waals surface area contributed by atoms with Crippen LogP contribution in [0.15, 0.2) is 24.3 Å². The van der Waals surface area contributed by atoms with Crippen molar-refractivity contribution in [2.45, 2.75) is 18.6 Å². The number of sulfonamides is 1. The molecule has 8 heteroatoms. The van der Waals surface area contributed by atoms with Crippen molar-refractivity contribution in [2.24, 2.45) is 0 Å². The Balaban J connectivity index is 1.67. The molecule has 0 bridgehead atoms. The summed E-state index contributed by atoms with van der Waals surface area (Å²) in [4.78, 5) is 13.6. The number of amides is 1. The zero-order valence-electron chi connectivity index (χ0n) is 12.1. The molecular weight excluding hydrogens is 328 g/mol. The molecule has 22 heavy (non-hydrogen) atoms. The van der Waals surface area contributed by atoms with Gasteiger partial charge in [-0.1, -0.05) is 23.7 Å². The summed E-state index contributed by atoms with van der Waals surface area (Å²) in [5.74, 6) is 0. The number of nitrogens with zero attached hydrogens (tertiary/aromatic N) is 2. The van der Waals surface area contributed by atoms with E-state index in [1.807, 2.05) is 18.2 Å². The second-order valence-electron chi connectivity index (χ2n) is 5.64. The predicted octanol–water partition coefficient (Wildman–Crippen LogP) is 1.35. The minimum Gasteiger partial charge on any atom is -0.442 e. The summed E-state index contributed by atoms with van der Waals surface area (Å²) in [6, 6.07) is 7.26. The molecule has 3 rings (SSSR count). The highest BCUT2D eigenvalue weighted by Crippen LogP contribution is 2.28. The van der Waals surface area contributed by atoms with Crippen molar-refractivity contribution >= 4 is 27.7 Å². The summed E-state index contributed by atoms with van der Waals surface area (Å²) >= 11 is 5.95. The van der Waals surface area contributed by atoms with Gasteiger partial charge in [-0.3, -0.25) is 4.90 Å². The zero-order valence-corrected chi connectivity index (χ0v) is 13.7. The van der Waals surface area contributed by atoms with Crippen LogP contribution in [0, 0.1) is 0 Å². The molecule has 2 saturated heterocycles. The van der Waals surface area contributed by atoms with Crippen molar-refractivity contribution in [3.8, 4) is 0 Å². The van der Waals surface area contributed by atoms with Gasteiger partial charge >= 0.3 is 6.09 Å². The van der Waals surface area contributed by atoms with Gasteiger partial charge in [-0.15, -0.1) is 0 Å². The van der Waals surface area contributed by atoms with Gasteiger partial charge in [0.25, 0.3) is 0 Å². The summed E-state index contributed by atoms with van der Waals surface area (Å²) in [7, 11) is -3.26. The lowest BCUT2D eigenvalue weighted by atomic mass is 10.1. The van der Waals surface area contributed by atoms with Crippen LogP contribution in [0.2, 0.25) is 5.02 Å². The fourth-order valence-electron chi connectivity index (χ4n) is 2.94. The number of hydrogen-bond acceptors (Lipinski definition) is 4. The number of carbonyl (C=O) groups is 1. The van der Waals surface area contributed by atoms with Gasteiger partial charge in [0.1, 0.15) is 6.10 Å². The maximum atomic E-state index is 11.9. The van der Waals surface area contributed by atoms with Crippen LogP contribution in [0.25, 0.3) is 0 Å². The first kappa shape index (κ1) is 15.6. The highest BCUT2D eigenvalue weighted by Gasteiger charge is 2.49. The topological polar surface area (TPSA) is 66.9 Å². The number of carbonyl (C=O) groups excluding carboxylic acids is 1. The second kappa shape index (κ2) is 5.72. The van der Waals surface area contributed by atoms with Gasteiger partial charge in [0.05, 0.1) is 18.8 Å². The molecule has 6 nitrogen and oxygen atoms in total. The Labute approximate surface area is 134 Å². The van der Waals surface area contributed by atoms with Crippen LogP contribution in [-0.4, -0.2) is 61.8 Å². The molecule has 0 aliphatic carbocycles. The van der Waals surface area contributed by atoms with Crippen molar-refractivity contribution in [2.75, 3.05) is 25.9 Å². The van der Waals surface area contributed by atoms with Gasteiger partial charge in [0.2, 0.25) is 10.0 Å². The van der Waals surface area contributed by atoms with E-state index in [1.54, 1.807) is 11.0 Å². The van der Waals surface area contributed by atoms with E-state index in [2.05, 4.69) is 0 Å². The molecular formula is C14H17ClN2O4S. The smallest absolute Gasteiger partial charge is 0.410 e. The fraction of sp³-hybridized carbons (Fsp3) is 0.500. The minimum atomic E-state index is -3.26. The SMILES string of the molecule is CS(=O)(=O)N1C[C@H]2OC(=O)N(CCc3cccc(Cl)c3)[C@H]2C1. The van der Waals surface area contributed by atoms with E-state index < -0.39 is 10.0 Å². The molecule has 120 valence electrons. The second-order valence-corrected chi connectivity index (χ2v) is 8.06. The van der Waals surface area contributed by atoms with Crippen LogP contribution in [-0.2, 0) is 21.2 Å². The Kier molecular flexibility index (Phi) is 4.05. The van der Waals surface area contributed by atoms with Crippen LogP contribution in [0.1, 0.15) is 5.56 Å². The molecule has 2 atom stereocenters. The Hall–Kier alpha value is -1.31. The first-order valence-electron chi connectivity index (χ1n) is 7.01. The van der Waals surface area contributed by atoms with E-state index in [0.29, 0.717) is 24.5 Å². The van der Waals surface area contributed by atoms with E-state index in [4.69, 9.17) is 16.3 Å². The number of hydrogen-bond donors (Lipinski definition) is 0. The lowest BCUT2D eigenvalue weighted by molar-refractivity contribution is 0.129. The number of rotatable bonds is 4. The number of benzene rings is 1. The molecule has 0 radical (unpaired) electrons. The molecule has 2 aliphatic rings. The summed E-state index contributed by atoms with van der Waals surface area (Å²) in [5.41, 5.74) is 1.03. The third kappa shape index (κ3) is 3.06. The van der Waals surface area contributed by atoms with Crippen LogP contribution in [0.5, 0.6) is 0 Å². The fourth-order valence-corrected chi connectivity index (χ4v) is 3.99. The molecule has 0 saturated carbocycles. The maximum Gasteiger partial charge on any atom is 0.410 e. The number of halogens is 1. The van der Waals surface area contributed by atoms with Crippen molar-refractivity contribution in [1.82, 2.24) is 9.21 Å². The molecule has 1 aromatic carbocycles. The average Bonchev–Trinajstić information content (AvgIpc) is 2.94. The van der Waals surface area contributed by atoms with Crippen LogP contribution >= 0.6 is 11.6 Å². The molecule has 2 aliphatic heterocycles. The van der Waals surface area contributed by atoms with E-state index in [0.717, 1.165) is 5.56 Å². The Bertz CT molecular complexity index is 694. The lowest BCUT2D eigenvalue weighted by Gasteiger charge is -2.21. The van der Waals surface area contributed by atoms with E-state index in [1.165, 1.54) is 10.6 Å². The van der Waals surface area contributed by atoms with Crippen LogP contribution in [0.4, 0.5) is 4.79 Å². The van der Waals surface area contributed by atoms with Crippen LogP contribution in [0.3, 0.4) is 0 Å². The summed E-state index contributed by atoms with van der Waals surface area (Å²) in [5, 5.41) is 0.656. The van der Waals surface area contributed by atoms with Crippen molar-refractivity contribution in [1.29, 1.82) is 0 Å². The number of fused-ring (bicyclic) bond motifs is 1. The van der Waals surface area contributed by atoms with Gasteiger partial charge in [0.15, 0.2) is 0 Å². The quantitative estimate of drug-likeness (QED) is 0.827. The molecule has 0 aromatic heterocycles. The largest absolute Gasteiger partial charge is 0.442 e. The van der Waals surface area contributed by atoms with E-state index >= 15 is 0 Å². The zero-order chi connectivity index (χ0) is 15.9. The molecule has 1 aromatic rings. The van der Waals surface area contributed by atoms with Gasteiger partial charge in [-0.25, -0.2) is 13.2 Å². The summed E-state index contributed by atoms with van der Waals surface area (Å²) in [6.45, 7) is 1.02. The molecule has 2 fully saturated rings. The lowest BCUT2D eigenvalue weighted by Crippen LogP contribution is -2.40. The highest BCUT2D eigenvalue weighted by atomic mass is 35.5. The first-order chi connectivity index (χ1) is 10.3. The Morgan fingerprint density at radius 2 is 2.14 bits per heavy atom. The molecule has 0 unspecified atom stereocenters. The van der Waals surface area contributed by atoms with Gasteiger partial charge < -0.3 is 4.74 Å². The molecule has 0 spiro atoms. The third-order valence-corrected chi connectivity index (χ3v) is 5.56. The first-order valence-corrected chi connectivity index (χ1v) is 9.24. The standard InChI is InChI=1S/C14H17ClN2O4S/c1-22(19,20)16-8-12-13(9-16)21-14(18)17(12)6-5-10-3-2-4-11(15)7-10/h2-4,7,12-13H,5-6,8-9H2,1H3/t12-,13+/m0/s1. The highest BCUT2D eigenvalue weighted by molar-refractivity contribution is 7.88. The third-order valence-electron chi connectivity index (χ3n) is 4.09. The minimum absolute atomic E-state index is 0.207. The van der Waals surface area contributed by atoms with Gasteiger partial charge in [0, 0.05) is 18.1 Å². The summed E-state index contributed by atoms with van der Waals surface area (Å²) < 4.78 is 29.9. The predicted molar refractivity (Wildman–Crippen MR) is 82.3 cm³/mol. The molecule has 0 N–H and O–H groups in total. The molecule has 2 heterocycles. The van der Waals surface area contributed by atoms with E-state index in [9.17, 15) is 13.2 Å². The average molecular weight is 345 g/mol. The van der Waals surface area contributed by atoms with Crippen molar-refractivity contribution in [3.63, 3.8) is 0 Å². The maximum absolute atomic E-state index is 11.9. The van der Waals surface area contributed by atoms with Gasteiger partial charge in [-0.2, -0.15) is 4.31 Å². The Morgan fingerprint density at radius 3 is 2.82 bits per heavy atom. The van der Waals surface area contributed by atoms with Gasteiger partial charge in [-0.05, 0) is 24.1 Å². The van der Waals surface area contributed by atoms with E-state index in [-0.39, 0.29) is 24.8 Å². The monoisotopic (exact) mass is 344 g/mol. The summed E-state index contributed by atoms with van der Waals surface area (Å²) in [6.07, 6.45) is 1.08. The number of ether oxygens (including phenoxy) is 1. The van der Waals surface area contributed by atoms with Crippen LogP contribution < -0.4 is 0 Å². The Morgan fingerprint density at radius 1 is 1.36 bits per heavy atom. The normalized spacial score (nSPS) is 25.4. The van der Waals surface area contributed by atoms with Crippen molar-refractivity contribution < 1.29 is 17.9 Å². The molecule has 1 amide bonds.